The van der Waals surface area contributed by atoms with Crippen LogP contribution in [0.3, 0.4) is 0 Å². The van der Waals surface area contributed by atoms with Gasteiger partial charge < -0.3 is 20.7 Å². The molecule has 0 heterocycles. The van der Waals surface area contributed by atoms with Gasteiger partial charge in [-0.3, -0.25) is 24.5 Å². The van der Waals surface area contributed by atoms with E-state index in [4.69, 9.17) is 4.74 Å². The van der Waals surface area contributed by atoms with Crippen molar-refractivity contribution in [1.29, 1.82) is 0 Å². The normalized spacial score (nSPS) is 10.9. The number of aryl methyl sites for hydroxylation is 1. The quantitative estimate of drug-likeness (QED) is 0.0726. The monoisotopic (exact) mass is 610 g/mol. The molecule has 0 atom stereocenters. The largest absolute Gasteiger partial charge is 0.494 e. The number of nitro benzene ring substituents is 1. The van der Waals surface area contributed by atoms with Gasteiger partial charge in [0, 0.05) is 34.0 Å². The Morgan fingerprint density at radius 2 is 1.61 bits per heavy atom. The lowest BCUT2D eigenvalue weighted by Gasteiger charge is -2.12. The van der Waals surface area contributed by atoms with Crippen molar-refractivity contribution >= 4 is 52.6 Å². The SMILES string of the molecule is CCOc1ccc(/C=C(\NC(=O)c2ccccc2)C(=O)Nc2ccc(SCC(=O)Nc3ccc([N+](=O)[O-])cc3C)cc2)cc1. The molecule has 0 saturated carbocycles. The van der Waals surface area contributed by atoms with Crippen LogP contribution < -0.4 is 20.7 Å². The molecule has 44 heavy (non-hydrogen) atoms. The number of benzene rings is 4. The zero-order chi connectivity index (χ0) is 31.5. The lowest BCUT2D eigenvalue weighted by atomic mass is 10.1. The second-order valence-corrected chi connectivity index (χ2v) is 10.5. The first kappa shape index (κ1) is 31.5. The Balaban J connectivity index is 1.40. The molecule has 11 heteroatoms. The molecule has 0 spiro atoms. The van der Waals surface area contributed by atoms with Gasteiger partial charge in [-0.25, -0.2) is 0 Å². The minimum absolute atomic E-state index is 0.0422. The number of nitrogens with zero attached hydrogens (tertiary/aromatic N) is 1. The molecular weight excluding hydrogens is 580 g/mol. The van der Waals surface area contributed by atoms with Gasteiger partial charge in [0.15, 0.2) is 0 Å². The lowest BCUT2D eigenvalue weighted by Crippen LogP contribution is -2.30. The summed E-state index contributed by atoms with van der Waals surface area (Å²) < 4.78 is 5.48. The van der Waals surface area contributed by atoms with Crippen LogP contribution in [0.4, 0.5) is 17.1 Å². The number of non-ortho nitro benzene ring substituents is 1. The van der Waals surface area contributed by atoms with Gasteiger partial charge in [0.25, 0.3) is 17.5 Å². The molecule has 0 radical (unpaired) electrons. The van der Waals surface area contributed by atoms with Crippen LogP contribution in [0, 0.1) is 17.0 Å². The molecule has 0 aliphatic carbocycles. The number of nitrogens with one attached hydrogen (secondary N) is 3. The van der Waals surface area contributed by atoms with Gasteiger partial charge in [0.05, 0.1) is 17.3 Å². The summed E-state index contributed by atoms with van der Waals surface area (Å²) in [6, 6.07) is 26.9. The zero-order valence-corrected chi connectivity index (χ0v) is 24.9. The first-order valence-electron chi connectivity index (χ1n) is 13.6. The van der Waals surface area contributed by atoms with Gasteiger partial charge in [0.2, 0.25) is 5.91 Å². The summed E-state index contributed by atoms with van der Waals surface area (Å²) in [7, 11) is 0. The minimum atomic E-state index is -0.513. The molecule has 10 nitrogen and oxygen atoms in total. The van der Waals surface area contributed by atoms with E-state index in [1.165, 1.54) is 30.0 Å². The molecule has 0 fully saturated rings. The number of amides is 3. The third kappa shape index (κ3) is 9.04. The van der Waals surface area contributed by atoms with E-state index in [1.54, 1.807) is 91.9 Å². The van der Waals surface area contributed by atoms with Gasteiger partial charge in [0.1, 0.15) is 11.4 Å². The summed E-state index contributed by atoms with van der Waals surface area (Å²) in [5.74, 6) is -0.389. The van der Waals surface area contributed by atoms with Gasteiger partial charge >= 0.3 is 0 Å². The van der Waals surface area contributed by atoms with Crippen molar-refractivity contribution in [1.82, 2.24) is 5.32 Å². The van der Waals surface area contributed by atoms with Crippen molar-refractivity contribution in [3.63, 3.8) is 0 Å². The molecule has 0 bridgehead atoms. The summed E-state index contributed by atoms with van der Waals surface area (Å²) in [6.07, 6.45) is 1.58. The third-order valence-electron chi connectivity index (χ3n) is 6.21. The molecule has 0 aromatic heterocycles. The summed E-state index contributed by atoms with van der Waals surface area (Å²) in [5, 5.41) is 19.2. The highest BCUT2D eigenvalue weighted by Gasteiger charge is 2.16. The van der Waals surface area contributed by atoms with Crippen LogP contribution in [0.5, 0.6) is 5.75 Å². The summed E-state index contributed by atoms with van der Waals surface area (Å²) in [5.41, 5.74) is 2.71. The van der Waals surface area contributed by atoms with E-state index in [1.807, 2.05) is 6.92 Å². The molecule has 4 aromatic rings. The molecule has 3 amide bonds. The van der Waals surface area contributed by atoms with Crippen LogP contribution in [0.2, 0.25) is 0 Å². The number of hydrogen-bond acceptors (Lipinski definition) is 7. The van der Waals surface area contributed by atoms with Crippen LogP contribution >= 0.6 is 11.8 Å². The van der Waals surface area contributed by atoms with Gasteiger partial charge in [-0.2, -0.15) is 0 Å². The van der Waals surface area contributed by atoms with Crippen LogP contribution in [0.25, 0.3) is 6.08 Å². The van der Waals surface area contributed by atoms with Crippen LogP contribution in [-0.4, -0.2) is 35.0 Å². The average Bonchev–Trinajstić information content (AvgIpc) is 3.02. The predicted octanol–water partition coefficient (Wildman–Crippen LogP) is 6.44. The van der Waals surface area contributed by atoms with Gasteiger partial charge in [-0.15, -0.1) is 11.8 Å². The number of nitro groups is 1. The van der Waals surface area contributed by atoms with Crippen LogP contribution in [0.15, 0.2) is 108 Å². The second-order valence-electron chi connectivity index (χ2n) is 9.45. The Kier molecular flexibility index (Phi) is 10.9. The second kappa shape index (κ2) is 15.2. The fourth-order valence-electron chi connectivity index (χ4n) is 4.01. The Labute approximate surface area is 258 Å². The highest BCUT2D eigenvalue weighted by molar-refractivity contribution is 8.00. The molecule has 0 unspecified atom stereocenters. The maximum absolute atomic E-state index is 13.3. The minimum Gasteiger partial charge on any atom is -0.494 e. The van der Waals surface area contributed by atoms with Gasteiger partial charge in [-0.05, 0) is 85.6 Å². The third-order valence-corrected chi connectivity index (χ3v) is 7.22. The van der Waals surface area contributed by atoms with Crippen molar-refractivity contribution in [2.45, 2.75) is 18.7 Å². The number of anilines is 2. The Morgan fingerprint density at radius 3 is 2.25 bits per heavy atom. The van der Waals surface area contributed by atoms with Gasteiger partial charge in [-0.1, -0.05) is 30.3 Å². The Hall–Kier alpha value is -5.42. The number of carbonyl (C=O) groups is 3. The number of hydrogen-bond donors (Lipinski definition) is 3. The standard InChI is InChI=1S/C33H30N4O6S/c1-3-43-27-14-9-23(10-15-27)20-30(36-32(39)24-7-5-4-6-8-24)33(40)34-25-11-16-28(17-12-25)44-21-31(38)35-29-18-13-26(37(41)42)19-22(29)2/h4-20H,3,21H2,1-2H3,(H,34,40)(H,35,38)(H,36,39)/b30-20-. The molecule has 3 N–H and O–H groups in total. The number of ether oxygens (including phenoxy) is 1. The van der Waals surface area contributed by atoms with E-state index >= 15 is 0 Å². The van der Waals surface area contributed by atoms with E-state index < -0.39 is 16.7 Å². The van der Waals surface area contributed by atoms with E-state index in [2.05, 4.69) is 16.0 Å². The first-order valence-corrected chi connectivity index (χ1v) is 14.6. The van der Waals surface area contributed by atoms with Crippen molar-refractivity contribution in [3.8, 4) is 5.75 Å². The van der Waals surface area contributed by atoms with Crippen molar-refractivity contribution in [2.75, 3.05) is 23.0 Å². The van der Waals surface area contributed by atoms with E-state index in [0.29, 0.717) is 40.4 Å². The van der Waals surface area contributed by atoms with Crippen molar-refractivity contribution < 1.29 is 24.0 Å². The number of thioether (sulfide) groups is 1. The molecule has 0 saturated heterocycles. The topological polar surface area (TPSA) is 140 Å². The van der Waals surface area contributed by atoms with Crippen molar-refractivity contribution in [2.24, 2.45) is 0 Å². The maximum Gasteiger partial charge on any atom is 0.272 e. The van der Waals surface area contributed by atoms with Crippen molar-refractivity contribution in [3.05, 3.63) is 130 Å². The number of carbonyl (C=O) groups excluding carboxylic acids is 3. The van der Waals surface area contributed by atoms with Crippen LogP contribution in [-0.2, 0) is 9.59 Å². The summed E-state index contributed by atoms with van der Waals surface area (Å²) in [4.78, 5) is 49.9. The smallest absolute Gasteiger partial charge is 0.272 e. The Bertz CT molecular complexity index is 1670. The summed E-state index contributed by atoms with van der Waals surface area (Å²) >= 11 is 1.30. The Morgan fingerprint density at radius 1 is 0.909 bits per heavy atom. The molecular formula is C33H30N4O6S. The highest BCUT2D eigenvalue weighted by atomic mass is 32.2. The molecule has 4 rings (SSSR count). The van der Waals surface area contributed by atoms with E-state index in [9.17, 15) is 24.5 Å². The zero-order valence-electron chi connectivity index (χ0n) is 24.0. The first-order chi connectivity index (χ1) is 21.2. The average molecular weight is 611 g/mol. The lowest BCUT2D eigenvalue weighted by molar-refractivity contribution is -0.384. The fourth-order valence-corrected chi connectivity index (χ4v) is 4.70. The van der Waals surface area contributed by atoms with E-state index in [0.717, 1.165) is 4.90 Å². The maximum atomic E-state index is 13.3. The summed E-state index contributed by atoms with van der Waals surface area (Å²) in [6.45, 7) is 4.11. The molecule has 224 valence electrons. The van der Waals surface area contributed by atoms with Crippen LogP contribution in [0.1, 0.15) is 28.4 Å². The predicted molar refractivity (Wildman–Crippen MR) is 172 cm³/mol. The van der Waals surface area contributed by atoms with E-state index in [-0.39, 0.29) is 23.0 Å². The molecule has 4 aromatic carbocycles. The molecule has 0 aliphatic rings. The fraction of sp³-hybridized carbons (Fsp3) is 0.121. The number of rotatable bonds is 12. The molecule has 0 aliphatic heterocycles. The highest BCUT2D eigenvalue weighted by Crippen LogP contribution is 2.24.